The number of aliphatic imine (C=N–C) groups is 1. The number of phenols is 2. The van der Waals surface area contributed by atoms with Crippen molar-refractivity contribution in [2.75, 3.05) is 0 Å². The highest BCUT2D eigenvalue weighted by Gasteiger charge is 1.91. The van der Waals surface area contributed by atoms with Crippen molar-refractivity contribution in [3.8, 4) is 11.5 Å². The molecule has 0 aliphatic carbocycles. The minimum atomic E-state index is 0.226. The molecule has 2 rings (SSSR count). The van der Waals surface area contributed by atoms with Crippen LogP contribution in [0, 0.1) is 0 Å². The minimum Gasteiger partial charge on any atom is -0.508 e. The van der Waals surface area contributed by atoms with Crippen molar-refractivity contribution in [2.24, 2.45) is 4.99 Å². The average Bonchev–Trinajstić information content (AvgIpc) is 2.30. The molecule has 80 valence electrons. The molecule has 0 saturated heterocycles. The second-order valence-electron chi connectivity index (χ2n) is 3.37. The molecule has 0 spiro atoms. The Balaban J connectivity index is 2.15. The Bertz CT molecular complexity index is 439. The molecule has 0 unspecified atom stereocenters. The van der Waals surface area contributed by atoms with Gasteiger partial charge in [-0.25, -0.2) is 0 Å². The van der Waals surface area contributed by atoms with Crippen LogP contribution in [0.3, 0.4) is 0 Å². The van der Waals surface area contributed by atoms with Gasteiger partial charge in [0, 0.05) is 6.21 Å². The van der Waals surface area contributed by atoms with Crippen LogP contribution in [0.5, 0.6) is 11.5 Å². The van der Waals surface area contributed by atoms with E-state index in [0.717, 1.165) is 11.3 Å². The summed E-state index contributed by atoms with van der Waals surface area (Å²) < 4.78 is 0. The van der Waals surface area contributed by atoms with Gasteiger partial charge in [-0.05, 0) is 54.1 Å². The van der Waals surface area contributed by atoms with Crippen LogP contribution in [0.1, 0.15) is 5.56 Å². The molecule has 2 aromatic rings. The summed E-state index contributed by atoms with van der Waals surface area (Å²) in [7, 11) is 0. The maximum atomic E-state index is 9.10. The number of benzene rings is 2. The summed E-state index contributed by atoms with van der Waals surface area (Å²) in [6, 6.07) is 13.4. The van der Waals surface area contributed by atoms with Crippen LogP contribution in [0.4, 0.5) is 5.69 Å². The molecule has 0 fully saturated rings. The summed E-state index contributed by atoms with van der Waals surface area (Å²) in [5.41, 5.74) is 1.68. The van der Waals surface area contributed by atoms with Crippen LogP contribution in [-0.4, -0.2) is 16.4 Å². The fourth-order valence-electron chi connectivity index (χ4n) is 1.25. The third kappa shape index (κ3) is 2.60. The Morgan fingerprint density at radius 2 is 1.25 bits per heavy atom. The molecular weight excluding hydrogens is 202 g/mol. The third-order valence-corrected chi connectivity index (χ3v) is 2.11. The quantitative estimate of drug-likeness (QED) is 0.753. The Morgan fingerprint density at radius 1 is 0.750 bits per heavy atom. The van der Waals surface area contributed by atoms with E-state index in [9.17, 15) is 0 Å². The molecular formula is C13H11NO2. The van der Waals surface area contributed by atoms with Gasteiger partial charge in [0.15, 0.2) is 0 Å². The first kappa shape index (κ1) is 10.2. The number of rotatable bonds is 2. The summed E-state index contributed by atoms with van der Waals surface area (Å²) in [6.07, 6.45) is 1.70. The smallest absolute Gasteiger partial charge is 0.115 e. The molecule has 0 aliphatic rings. The molecule has 0 saturated carbocycles. The lowest BCUT2D eigenvalue weighted by atomic mass is 10.2. The highest BCUT2D eigenvalue weighted by atomic mass is 16.3. The van der Waals surface area contributed by atoms with Crippen molar-refractivity contribution < 1.29 is 10.2 Å². The van der Waals surface area contributed by atoms with Gasteiger partial charge < -0.3 is 10.2 Å². The van der Waals surface area contributed by atoms with Crippen LogP contribution < -0.4 is 0 Å². The van der Waals surface area contributed by atoms with Gasteiger partial charge in [0.1, 0.15) is 11.5 Å². The minimum absolute atomic E-state index is 0.226. The molecule has 0 aromatic heterocycles. The summed E-state index contributed by atoms with van der Waals surface area (Å²) in [5, 5.41) is 18.2. The zero-order chi connectivity index (χ0) is 11.4. The van der Waals surface area contributed by atoms with Crippen LogP contribution in [0.25, 0.3) is 0 Å². The van der Waals surface area contributed by atoms with E-state index in [1.165, 1.54) is 0 Å². The molecule has 0 atom stereocenters. The summed E-state index contributed by atoms with van der Waals surface area (Å²) in [5.74, 6) is 0.463. The topological polar surface area (TPSA) is 52.8 Å². The zero-order valence-corrected chi connectivity index (χ0v) is 8.54. The first-order valence-corrected chi connectivity index (χ1v) is 4.86. The van der Waals surface area contributed by atoms with Crippen molar-refractivity contribution >= 4 is 11.9 Å². The van der Waals surface area contributed by atoms with Crippen molar-refractivity contribution in [1.29, 1.82) is 0 Å². The van der Waals surface area contributed by atoms with Gasteiger partial charge >= 0.3 is 0 Å². The third-order valence-electron chi connectivity index (χ3n) is 2.11. The summed E-state index contributed by atoms with van der Waals surface area (Å²) >= 11 is 0. The summed E-state index contributed by atoms with van der Waals surface area (Å²) in [4.78, 5) is 4.23. The van der Waals surface area contributed by atoms with Crippen LogP contribution in [0.2, 0.25) is 0 Å². The van der Waals surface area contributed by atoms with Crippen molar-refractivity contribution in [2.45, 2.75) is 0 Å². The highest BCUT2D eigenvalue weighted by Crippen LogP contribution is 2.16. The van der Waals surface area contributed by atoms with Crippen molar-refractivity contribution in [3.63, 3.8) is 0 Å². The predicted molar refractivity (Wildman–Crippen MR) is 63.5 cm³/mol. The van der Waals surface area contributed by atoms with Gasteiger partial charge in [0.05, 0.1) is 5.69 Å². The SMILES string of the molecule is Oc1ccc(/C=N/c2ccc(O)cc2)cc1. The second kappa shape index (κ2) is 4.49. The molecule has 16 heavy (non-hydrogen) atoms. The van der Waals surface area contributed by atoms with Crippen LogP contribution in [-0.2, 0) is 0 Å². The molecule has 2 N–H and O–H groups in total. The highest BCUT2D eigenvalue weighted by molar-refractivity contribution is 5.82. The van der Waals surface area contributed by atoms with Gasteiger partial charge in [0.25, 0.3) is 0 Å². The first-order valence-electron chi connectivity index (χ1n) is 4.86. The van der Waals surface area contributed by atoms with E-state index in [1.807, 2.05) is 0 Å². The standard InChI is InChI=1S/C13H11NO2/c15-12-5-1-10(2-6-12)9-14-11-3-7-13(16)8-4-11/h1-9,15-16H/b14-9+. The molecule has 0 radical (unpaired) electrons. The Hall–Kier alpha value is -2.29. The fraction of sp³-hybridized carbons (Fsp3) is 0. The number of hydrogen-bond acceptors (Lipinski definition) is 3. The van der Waals surface area contributed by atoms with Gasteiger partial charge in [-0.3, -0.25) is 4.99 Å². The normalized spacial score (nSPS) is 10.8. The van der Waals surface area contributed by atoms with Crippen LogP contribution in [0.15, 0.2) is 53.5 Å². The predicted octanol–water partition coefficient (Wildman–Crippen LogP) is 2.85. The van der Waals surface area contributed by atoms with E-state index in [4.69, 9.17) is 10.2 Å². The van der Waals surface area contributed by atoms with Gasteiger partial charge in [0.2, 0.25) is 0 Å². The molecule has 2 aromatic carbocycles. The van der Waals surface area contributed by atoms with E-state index in [1.54, 1.807) is 54.7 Å². The fourth-order valence-corrected chi connectivity index (χ4v) is 1.25. The molecule has 0 amide bonds. The molecule has 3 nitrogen and oxygen atoms in total. The Kier molecular flexibility index (Phi) is 2.87. The lowest BCUT2D eigenvalue weighted by Gasteiger charge is -1.95. The zero-order valence-electron chi connectivity index (χ0n) is 8.54. The summed E-state index contributed by atoms with van der Waals surface area (Å²) in [6.45, 7) is 0. The van der Waals surface area contributed by atoms with Crippen molar-refractivity contribution in [3.05, 3.63) is 54.1 Å². The van der Waals surface area contributed by atoms with Crippen molar-refractivity contribution in [1.82, 2.24) is 0 Å². The average molecular weight is 213 g/mol. The second-order valence-corrected chi connectivity index (χ2v) is 3.37. The Morgan fingerprint density at radius 3 is 1.81 bits per heavy atom. The van der Waals surface area contributed by atoms with E-state index >= 15 is 0 Å². The number of phenolic OH excluding ortho intramolecular Hbond substituents is 2. The maximum absolute atomic E-state index is 9.10. The number of nitrogens with zero attached hydrogens (tertiary/aromatic N) is 1. The van der Waals surface area contributed by atoms with Gasteiger partial charge in [-0.1, -0.05) is 0 Å². The first-order chi connectivity index (χ1) is 7.74. The van der Waals surface area contributed by atoms with Gasteiger partial charge in [-0.2, -0.15) is 0 Å². The Labute approximate surface area is 93.3 Å². The van der Waals surface area contributed by atoms with E-state index in [-0.39, 0.29) is 11.5 Å². The van der Waals surface area contributed by atoms with Crippen LogP contribution >= 0.6 is 0 Å². The van der Waals surface area contributed by atoms with E-state index in [2.05, 4.69) is 4.99 Å². The van der Waals surface area contributed by atoms with E-state index in [0.29, 0.717) is 0 Å². The molecule has 0 heterocycles. The van der Waals surface area contributed by atoms with Gasteiger partial charge in [-0.15, -0.1) is 0 Å². The largest absolute Gasteiger partial charge is 0.508 e. The molecule has 0 bridgehead atoms. The molecule has 0 aliphatic heterocycles. The lowest BCUT2D eigenvalue weighted by molar-refractivity contribution is 0.475. The van der Waals surface area contributed by atoms with E-state index < -0.39 is 0 Å². The number of aromatic hydroxyl groups is 2. The maximum Gasteiger partial charge on any atom is 0.115 e. The molecule has 3 heteroatoms. The number of hydrogen-bond donors (Lipinski definition) is 2. The monoisotopic (exact) mass is 213 g/mol. The lowest BCUT2D eigenvalue weighted by Crippen LogP contribution is -1.78.